The maximum Gasteiger partial charge on any atom is 0.293 e. The van der Waals surface area contributed by atoms with Gasteiger partial charge in [0.2, 0.25) is 5.91 Å². The van der Waals surface area contributed by atoms with Crippen molar-refractivity contribution in [2.75, 3.05) is 11.4 Å². The van der Waals surface area contributed by atoms with Gasteiger partial charge in [0.1, 0.15) is 5.69 Å². The highest BCUT2D eigenvalue weighted by Crippen LogP contribution is 2.33. The largest absolute Gasteiger partial charge is 0.391 e. The number of nitro groups is 1. The molecule has 1 unspecified atom stereocenters. The monoisotopic (exact) mass is 300 g/mol. The van der Waals surface area contributed by atoms with Gasteiger partial charge in [-0.15, -0.1) is 0 Å². The highest BCUT2D eigenvalue weighted by Gasteiger charge is 2.33. The Labute approximate surface area is 105 Å². The molecule has 1 aliphatic heterocycles. The topological polar surface area (TPSA) is 83.7 Å². The number of aliphatic hydroxyl groups excluding tert-OH is 1. The Kier molecular flexibility index (Phi) is 3.12. The van der Waals surface area contributed by atoms with Gasteiger partial charge in [0.05, 0.1) is 24.0 Å². The van der Waals surface area contributed by atoms with Crippen LogP contribution in [0.5, 0.6) is 0 Å². The summed E-state index contributed by atoms with van der Waals surface area (Å²) in [4.78, 5) is 23.2. The molecule has 0 bridgehead atoms. The molecular weight excluding hydrogens is 292 g/mol. The Balaban J connectivity index is 2.46. The molecule has 0 radical (unpaired) electrons. The van der Waals surface area contributed by atoms with Crippen LogP contribution in [0.25, 0.3) is 0 Å². The highest BCUT2D eigenvalue weighted by atomic mass is 79.9. The van der Waals surface area contributed by atoms with Crippen LogP contribution in [-0.4, -0.2) is 28.6 Å². The second-order valence-corrected chi connectivity index (χ2v) is 4.67. The first-order valence-electron chi connectivity index (χ1n) is 4.91. The molecule has 1 aliphatic rings. The predicted octanol–water partition coefficient (Wildman–Crippen LogP) is 1.45. The molecule has 1 heterocycles. The van der Waals surface area contributed by atoms with Crippen molar-refractivity contribution < 1.29 is 14.8 Å². The summed E-state index contributed by atoms with van der Waals surface area (Å²) in [6, 6.07) is 4.38. The molecule has 1 fully saturated rings. The summed E-state index contributed by atoms with van der Waals surface area (Å²) in [5, 5.41) is 20.3. The van der Waals surface area contributed by atoms with Gasteiger partial charge in [-0.05, 0) is 12.1 Å². The van der Waals surface area contributed by atoms with E-state index >= 15 is 0 Å². The third-order valence-corrected chi connectivity index (χ3v) is 3.02. The highest BCUT2D eigenvalue weighted by molar-refractivity contribution is 9.10. The quantitative estimate of drug-likeness (QED) is 0.662. The van der Waals surface area contributed by atoms with E-state index in [9.17, 15) is 20.0 Å². The van der Waals surface area contributed by atoms with Crippen LogP contribution in [0, 0.1) is 10.1 Å². The minimum absolute atomic E-state index is 0.00364. The number of nitro benzene ring substituents is 1. The van der Waals surface area contributed by atoms with Crippen molar-refractivity contribution in [2.45, 2.75) is 12.5 Å². The zero-order chi connectivity index (χ0) is 12.6. The van der Waals surface area contributed by atoms with Gasteiger partial charge in [-0.25, -0.2) is 0 Å². The summed E-state index contributed by atoms with van der Waals surface area (Å²) in [6.07, 6.45) is -0.759. The third-order valence-electron chi connectivity index (χ3n) is 2.53. The Morgan fingerprint density at radius 2 is 2.24 bits per heavy atom. The zero-order valence-electron chi connectivity index (χ0n) is 8.67. The van der Waals surface area contributed by atoms with Gasteiger partial charge >= 0.3 is 0 Å². The van der Waals surface area contributed by atoms with Crippen LogP contribution in [0.4, 0.5) is 11.4 Å². The minimum atomic E-state index is -0.763. The van der Waals surface area contributed by atoms with E-state index in [0.29, 0.717) is 4.47 Å². The first kappa shape index (κ1) is 12.0. The molecule has 2 rings (SSSR count). The number of carbonyl (C=O) groups is 1. The van der Waals surface area contributed by atoms with Gasteiger partial charge in [0, 0.05) is 10.5 Å². The second kappa shape index (κ2) is 4.42. The average Bonchev–Trinajstić information content (AvgIpc) is 2.57. The number of aliphatic hydroxyl groups is 1. The molecule has 1 atom stereocenters. The summed E-state index contributed by atoms with van der Waals surface area (Å²) in [7, 11) is 0. The summed E-state index contributed by atoms with van der Waals surface area (Å²) >= 11 is 3.20. The van der Waals surface area contributed by atoms with E-state index in [1.54, 1.807) is 6.07 Å². The van der Waals surface area contributed by atoms with Crippen molar-refractivity contribution in [1.82, 2.24) is 0 Å². The van der Waals surface area contributed by atoms with Crippen molar-refractivity contribution in [2.24, 2.45) is 0 Å². The molecule has 0 spiro atoms. The Hall–Kier alpha value is -1.47. The van der Waals surface area contributed by atoms with Crippen molar-refractivity contribution in [1.29, 1.82) is 0 Å². The summed E-state index contributed by atoms with van der Waals surface area (Å²) < 4.78 is 0.646. The number of carbonyl (C=O) groups excluding carboxylic acids is 1. The molecule has 7 heteroatoms. The van der Waals surface area contributed by atoms with Crippen LogP contribution in [0.15, 0.2) is 22.7 Å². The molecule has 0 aromatic heterocycles. The Morgan fingerprint density at radius 3 is 2.76 bits per heavy atom. The van der Waals surface area contributed by atoms with Gasteiger partial charge < -0.3 is 10.0 Å². The van der Waals surface area contributed by atoms with E-state index in [4.69, 9.17) is 0 Å². The number of hydrogen-bond acceptors (Lipinski definition) is 4. The molecule has 1 aromatic rings. The standard InChI is InChI=1S/C10H9BrN2O4/c11-6-1-2-8(13(16)17)9(3-6)12-5-7(14)4-10(12)15/h1-3,7,14H,4-5H2. The van der Waals surface area contributed by atoms with E-state index in [1.807, 2.05) is 0 Å². The lowest BCUT2D eigenvalue weighted by molar-refractivity contribution is -0.384. The summed E-state index contributed by atoms with van der Waals surface area (Å²) in [5.74, 6) is -0.307. The van der Waals surface area contributed by atoms with Gasteiger partial charge in [0.25, 0.3) is 5.69 Å². The summed E-state index contributed by atoms with van der Waals surface area (Å²) in [6.45, 7) is 0.0934. The number of benzene rings is 1. The van der Waals surface area contributed by atoms with Gasteiger partial charge in [-0.1, -0.05) is 15.9 Å². The van der Waals surface area contributed by atoms with Gasteiger partial charge in [-0.2, -0.15) is 0 Å². The van der Waals surface area contributed by atoms with Crippen molar-refractivity contribution in [3.8, 4) is 0 Å². The number of anilines is 1. The molecule has 1 N–H and O–H groups in total. The van der Waals surface area contributed by atoms with Crippen molar-refractivity contribution in [3.05, 3.63) is 32.8 Å². The van der Waals surface area contributed by atoms with Crippen LogP contribution >= 0.6 is 15.9 Å². The number of β-amino-alcohol motifs (C(OH)–C–C–N with tert-alkyl or cyclic N) is 1. The molecule has 1 saturated heterocycles. The number of hydrogen-bond donors (Lipinski definition) is 1. The molecule has 0 aliphatic carbocycles. The lowest BCUT2D eigenvalue weighted by atomic mass is 10.2. The lowest BCUT2D eigenvalue weighted by Crippen LogP contribution is -2.26. The van der Waals surface area contributed by atoms with Crippen molar-refractivity contribution >= 4 is 33.2 Å². The second-order valence-electron chi connectivity index (χ2n) is 3.75. The van der Waals surface area contributed by atoms with Crippen LogP contribution in [-0.2, 0) is 4.79 Å². The SMILES string of the molecule is O=C1CC(O)CN1c1cc(Br)ccc1[N+](=O)[O-]. The first-order valence-corrected chi connectivity index (χ1v) is 5.70. The molecule has 17 heavy (non-hydrogen) atoms. The lowest BCUT2D eigenvalue weighted by Gasteiger charge is -2.15. The van der Waals surface area contributed by atoms with E-state index < -0.39 is 11.0 Å². The first-order chi connectivity index (χ1) is 7.99. The van der Waals surface area contributed by atoms with Crippen molar-refractivity contribution in [3.63, 3.8) is 0 Å². The molecule has 1 amide bonds. The Morgan fingerprint density at radius 1 is 1.53 bits per heavy atom. The third kappa shape index (κ3) is 2.29. The molecule has 6 nitrogen and oxygen atoms in total. The molecular formula is C10H9BrN2O4. The predicted molar refractivity (Wildman–Crippen MR) is 63.8 cm³/mol. The molecule has 90 valence electrons. The average molecular weight is 301 g/mol. The van der Waals surface area contributed by atoms with Crippen LogP contribution in [0.2, 0.25) is 0 Å². The molecule has 0 saturated carbocycles. The molecule has 1 aromatic carbocycles. The van der Waals surface area contributed by atoms with E-state index in [-0.39, 0.29) is 30.2 Å². The van der Waals surface area contributed by atoms with E-state index in [2.05, 4.69) is 15.9 Å². The Bertz CT molecular complexity index is 491. The van der Waals surface area contributed by atoms with Gasteiger partial charge in [-0.3, -0.25) is 14.9 Å². The van der Waals surface area contributed by atoms with E-state index in [0.717, 1.165) is 0 Å². The number of nitrogens with zero attached hydrogens (tertiary/aromatic N) is 2. The van der Waals surface area contributed by atoms with E-state index in [1.165, 1.54) is 17.0 Å². The maximum atomic E-state index is 11.6. The smallest absolute Gasteiger partial charge is 0.293 e. The van der Waals surface area contributed by atoms with Crippen LogP contribution in [0.1, 0.15) is 6.42 Å². The number of amides is 1. The summed E-state index contributed by atoms with van der Waals surface area (Å²) in [5.41, 5.74) is 0.0709. The fourth-order valence-electron chi connectivity index (χ4n) is 1.79. The van der Waals surface area contributed by atoms with Crippen LogP contribution < -0.4 is 4.90 Å². The number of rotatable bonds is 2. The maximum absolute atomic E-state index is 11.6. The van der Waals surface area contributed by atoms with Crippen LogP contribution in [0.3, 0.4) is 0 Å². The minimum Gasteiger partial charge on any atom is -0.391 e. The fourth-order valence-corrected chi connectivity index (χ4v) is 2.14. The fraction of sp³-hybridized carbons (Fsp3) is 0.300. The normalized spacial score (nSPS) is 19.8. The number of halogens is 1. The van der Waals surface area contributed by atoms with Gasteiger partial charge in [0.15, 0.2) is 0 Å². The zero-order valence-corrected chi connectivity index (χ0v) is 10.3.